The van der Waals surface area contributed by atoms with Gasteiger partial charge in [0.2, 0.25) is 0 Å². The Kier molecular flexibility index (Phi) is 1.12. The molecule has 2 unspecified atom stereocenters. The zero-order valence-corrected chi connectivity index (χ0v) is 6.43. The summed E-state index contributed by atoms with van der Waals surface area (Å²) < 4.78 is 0. The van der Waals surface area contributed by atoms with Crippen molar-refractivity contribution in [1.29, 1.82) is 0 Å². The molecule has 0 aromatic rings. The fourth-order valence-corrected chi connectivity index (χ4v) is 2.76. The molecule has 3 aliphatic rings. The van der Waals surface area contributed by atoms with Gasteiger partial charge in [0.25, 0.3) is 0 Å². The molecule has 0 N–H and O–H groups in total. The van der Waals surface area contributed by atoms with Crippen LogP contribution in [-0.4, -0.2) is 0 Å². The average Bonchev–Trinajstić information content (AvgIpc) is 1.87. The van der Waals surface area contributed by atoms with Gasteiger partial charge in [-0.25, -0.2) is 0 Å². The van der Waals surface area contributed by atoms with E-state index in [4.69, 9.17) is 0 Å². The zero-order valence-electron chi connectivity index (χ0n) is 6.43. The maximum Gasteiger partial charge on any atom is -0.0381 e. The lowest BCUT2D eigenvalue weighted by molar-refractivity contribution is -0.00154. The normalized spacial score (nSPS) is 56.7. The van der Waals surface area contributed by atoms with Crippen molar-refractivity contribution in [2.45, 2.75) is 33.1 Å². The van der Waals surface area contributed by atoms with Gasteiger partial charge in [0, 0.05) is 0 Å². The molecule has 9 heavy (non-hydrogen) atoms. The Morgan fingerprint density at radius 1 is 0.889 bits per heavy atom. The van der Waals surface area contributed by atoms with Gasteiger partial charge in [-0.2, -0.15) is 0 Å². The quantitative estimate of drug-likeness (QED) is 0.465. The number of rotatable bonds is 0. The third-order valence-electron chi connectivity index (χ3n) is 3.50. The van der Waals surface area contributed by atoms with Crippen molar-refractivity contribution >= 4 is 0 Å². The maximum absolute atomic E-state index is 2.44. The van der Waals surface area contributed by atoms with Gasteiger partial charge in [0.1, 0.15) is 0 Å². The van der Waals surface area contributed by atoms with Gasteiger partial charge in [-0.3, -0.25) is 0 Å². The summed E-state index contributed by atoms with van der Waals surface area (Å²) in [6.45, 7) is 4.84. The first kappa shape index (κ1) is 5.76. The van der Waals surface area contributed by atoms with Crippen LogP contribution in [-0.2, 0) is 0 Å². The minimum Gasteiger partial charge on any atom is -0.0625 e. The number of fused-ring (bicyclic) bond motifs is 2. The third-order valence-corrected chi connectivity index (χ3v) is 3.50. The van der Waals surface area contributed by atoms with E-state index >= 15 is 0 Å². The molecule has 3 fully saturated rings. The summed E-state index contributed by atoms with van der Waals surface area (Å²) >= 11 is 0. The molecule has 0 spiro atoms. The fraction of sp³-hybridized carbons (Fsp3) is 1.00. The van der Waals surface area contributed by atoms with E-state index in [-0.39, 0.29) is 0 Å². The van der Waals surface area contributed by atoms with Crippen LogP contribution in [0.5, 0.6) is 0 Å². The van der Waals surface area contributed by atoms with Crippen LogP contribution in [0.1, 0.15) is 33.1 Å². The summed E-state index contributed by atoms with van der Waals surface area (Å²) in [6.07, 6.45) is 4.61. The van der Waals surface area contributed by atoms with E-state index < -0.39 is 0 Å². The second kappa shape index (κ2) is 1.74. The van der Waals surface area contributed by atoms with Crippen molar-refractivity contribution in [3.8, 4) is 0 Å². The lowest BCUT2D eigenvalue weighted by atomic mass is 9.55. The van der Waals surface area contributed by atoms with Crippen molar-refractivity contribution < 1.29 is 0 Å². The van der Waals surface area contributed by atoms with E-state index in [0.717, 1.165) is 23.7 Å². The van der Waals surface area contributed by atoms with Gasteiger partial charge in [0.05, 0.1) is 0 Å². The highest BCUT2D eigenvalue weighted by atomic mass is 14.5. The van der Waals surface area contributed by atoms with Crippen LogP contribution >= 0.6 is 0 Å². The predicted octanol–water partition coefficient (Wildman–Crippen LogP) is 2.69. The van der Waals surface area contributed by atoms with Crippen LogP contribution in [0.3, 0.4) is 0 Å². The highest BCUT2D eigenvalue weighted by Gasteiger charge is 2.42. The largest absolute Gasteiger partial charge is 0.0625 e. The molecule has 52 valence electrons. The molecule has 4 atom stereocenters. The van der Waals surface area contributed by atoms with Crippen LogP contribution < -0.4 is 0 Å². The topological polar surface area (TPSA) is 0 Å². The lowest BCUT2D eigenvalue weighted by Crippen LogP contribution is -2.41. The highest BCUT2D eigenvalue weighted by molar-refractivity contribution is 4.92. The third kappa shape index (κ3) is 0.720. The van der Waals surface area contributed by atoms with Crippen LogP contribution in [0, 0.1) is 23.7 Å². The zero-order chi connectivity index (χ0) is 6.43. The average molecular weight is 124 g/mol. The molecule has 0 heteroatoms. The van der Waals surface area contributed by atoms with Crippen molar-refractivity contribution in [3.63, 3.8) is 0 Å². The molecule has 0 nitrogen and oxygen atoms in total. The van der Waals surface area contributed by atoms with Crippen LogP contribution in [0.2, 0.25) is 0 Å². The summed E-state index contributed by atoms with van der Waals surface area (Å²) in [5.41, 5.74) is 0. The fourth-order valence-electron chi connectivity index (χ4n) is 2.76. The van der Waals surface area contributed by atoms with Crippen molar-refractivity contribution in [2.24, 2.45) is 23.7 Å². The Morgan fingerprint density at radius 2 is 1.44 bits per heavy atom. The van der Waals surface area contributed by atoms with Gasteiger partial charge in [-0.1, -0.05) is 13.8 Å². The van der Waals surface area contributed by atoms with Crippen molar-refractivity contribution in [3.05, 3.63) is 0 Å². The van der Waals surface area contributed by atoms with E-state index in [0.29, 0.717) is 0 Å². The van der Waals surface area contributed by atoms with Crippen LogP contribution in [0.4, 0.5) is 0 Å². The summed E-state index contributed by atoms with van der Waals surface area (Å²) in [6, 6.07) is 0. The molecule has 0 aliphatic heterocycles. The summed E-state index contributed by atoms with van der Waals surface area (Å²) in [5, 5.41) is 0. The molecular weight excluding hydrogens is 108 g/mol. The molecule has 0 heterocycles. The van der Waals surface area contributed by atoms with Gasteiger partial charge in [-0.05, 0) is 42.9 Å². The molecule has 2 bridgehead atoms. The molecule has 0 saturated heterocycles. The molecule has 0 aromatic carbocycles. The molecule has 0 aromatic heterocycles. The molecular formula is C9H16. The maximum atomic E-state index is 2.44. The smallest absolute Gasteiger partial charge is 0.0381 e. The Bertz CT molecular complexity index is 105. The van der Waals surface area contributed by atoms with Crippen LogP contribution in [0.25, 0.3) is 0 Å². The van der Waals surface area contributed by atoms with Gasteiger partial charge < -0.3 is 0 Å². The van der Waals surface area contributed by atoms with Crippen molar-refractivity contribution in [2.75, 3.05) is 0 Å². The summed E-state index contributed by atoms with van der Waals surface area (Å²) in [4.78, 5) is 0. The monoisotopic (exact) mass is 124 g/mol. The van der Waals surface area contributed by atoms with Crippen molar-refractivity contribution in [1.82, 2.24) is 0 Å². The molecule has 3 aliphatic carbocycles. The van der Waals surface area contributed by atoms with Crippen LogP contribution in [0.15, 0.2) is 0 Å². The van der Waals surface area contributed by atoms with Gasteiger partial charge in [-0.15, -0.1) is 0 Å². The van der Waals surface area contributed by atoms with E-state index in [2.05, 4.69) is 13.8 Å². The summed E-state index contributed by atoms with van der Waals surface area (Å²) in [5.74, 6) is 4.38. The first-order valence-electron chi connectivity index (χ1n) is 4.27. The Morgan fingerprint density at radius 3 is 1.78 bits per heavy atom. The molecule has 3 rings (SSSR count). The second-order valence-electron chi connectivity index (χ2n) is 4.19. The van der Waals surface area contributed by atoms with Gasteiger partial charge in [0.15, 0.2) is 0 Å². The Labute approximate surface area is 57.6 Å². The number of hydrogen-bond acceptors (Lipinski definition) is 0. The minimum absolute atomic E-state index is 1.05. The summed E-state index contributed by atoms with van der Waals surface area (Å²) in [7, 11) is 0. The van der Waals surface area contributed by atoms with E-state index in [9.17, 15) is 0 Å². The SMILES string of the molecule is CC1C[C@@H]2C[C@H](C1)C2C. The van der Waals surface area contributed by atoms with E-state index in [1.54, 1.807) is 6.42 Å². The Hall–Kier alpha value is 0. The standard InChI is InChI=1S/C9H16/c1-6-3-8-5-9(4-6)7(8)2/h6-9H,3-5H2,1-2H3/t6?,7?,8-,9+. The molecule has 0 radical (unpaired) electrons. The number of hydrogen-bond donors (Lipinski definition) is 0. The van der Waals surface area contributed by atoms with Gasteiger partial charge >= 0.3 is 0 Å². The highest BCUT2D eigenvalue weighted by Crippen LogP contribution is 2.52. The molecule has 0 amide bonds. The Balaban J connectivity index is 2.01. The second-order valence-corrected chi connectivity index (χ2v) is 4.19. The molecule has 3 saturated carbocycles. The lowest BCUT2D eigenvalue weighted by Gasteiger charge is -2.50. The predicted molar refractivity (Wildman–Crippen MR) is 39.2 cm³/mol. The van der Waals surface area contributed by atoms with E-state index in [1.165, 1.54) is 12.8 Å². The minimum atomic E-state index is 1.05. The first-order valence-corrected chi connectivity index (χ1v) is 4.27. The first-order chi connectivity index (χ1) is 4.27. The van der Waals surface area contributed by atoms with E-state index in [1.807, 2.05) is 0 Å².